The highest BCUT2D eigenvalue weighted by atomic mass is 16.3. The van der Waals surface area contributed by atoms with Crippen LogP contribution in [-0.4, -0.2) is 35.0 Å². The zero-order chi connectivity index (χ0) is 14.6. The van der Waals surface area contributed by atoms with E-state index in [1.165, 1.54) is 0 Å². The molecule has 0 fully saturated rings. The second-order valence-electron chi connectivity index (χ2n) is 5.93. The van der Waals surface area contributed by atoms with E-state index in [9.17, 15) is 15.3 Å². The highest BCUT2D eigenvalue weighted by molar-refractivity contribution is 5.41. The lowest BCUT2D eigenvalue weighted by atomic mass is 9.84. The van der Waals surface area contributed by atoms with Crippen molar-refractivity contribution in [2.45, 2.75) is 44.8 Å². The fourth-order valence-corrected chi connectivity index (χ4v) is 2.01. The molecule has 0 aliphatic heterocycles. The molecular weight excluding hydrogens is 242 g/mol. The Kier molecular flexibility index (Phi) is 5.35. The molecule has 0 aromatic heterocycles. The summed E-state index contributed by atoms with van der Waals surface area (Å²) in [5.74, 6) is 0.216. The number of nitrogens with one attached hydrogen (secondary N) is 1. The second-order valence-corrected chi connectivity index (χ2v) is 5.93. The molecule has 108 valence electrons. The number of aromatic hydroxyl groups is 1. The van der Waals surface area contributed by atoms with Crippen LogP contribution in [0.3, 0.4) is 0 Å². The summed E-state index contributed by atoms with van der Waals surface area (Å²) in [6.07, 6.45) is -1.27. The first-order chi connectivity index (χ1) is 8.77. The zero-order valence-corrected chi connectivity index (χ0v) is 12.1. The van der Waals surface area contributed by atoms with Crippen LogP contribution in [0.25, 0.3) is 0 Å². The molecule has 4 heteroatoms. The Morgan fingerprint density at radius 1 is 1.21 bits per heavy atom. The normalized spacial score (nSPS) is 15.3. The predicted octanol–water partition coefficient (Wildman–Crippen LogP) is 1.69. The number of rotatable bonds is 5. The molecule has 1 aromatic carbocycles. The van der Waals surface area contributed by atoms with Crippen molar-refractivity contribution in [2.75, 3.05) is 13.6 Å². The van der Waals surface area contributed by atoms with Crippen molar-refractivity contribution >= 4 is 0 Å². The minimum absolute atomic E-state index is 0.213. The predicted molar refractivity (Wildman–Crippen MR) is 76.3 cm³/mol. The molecule has 0 aliphatic rings. The van der Waals surface area contributed by atoms with Gasteiger partial charge in [0.15, 0.2) is 0 Å². The van der Waals surface area contributed by atoms with Crippen molar-refractivity contribution in [2.24, 2.45) is 0 Å². The summed E-state index contributed by atoms with van der Waals surface area (Å²) in [6, 6.07) is 4.99. The second kappa shape index (κ2) is 6.37. The molecule has 0 saturated carbocycles. The van der Waals surface area contributed by atoms with Crippen LogP contribution in [0.5, 0.6) is 5.75 Å². The van der Waals surface area contributed by atoms with Crippen LogP contribution in [0.2, 0.25) is 0 Å². The van der Waals surface area contributed by atoms with Crippen LogP contribution >= 0.6 is 0 Å². The van der Waals surface area contributed by atoms with E-state index in [0.717, 1.165) is 5.56 Å². The van der Waals surface area contributed by atoms with Gasteiger partial charge in [0.1, 0.15) is 11.9 Å². The van der Waals surface area contributed by atoms with Crippen molar-refractivity contribution in [3.63, 3.8) is 0 Å². The maximum Gasteiger partial charge on any atom is 0.119 e. The molecule has 0 saturated heterocycles. The molecule has 1 rings (SSSR count). The Hall–Kier alpha value is -1.10. The molecular formula is C15H25NO3. The van der Waals surface area contributed by atoms with Gasteiger partial charge >= 0.3 is 0 Å². The van der Waals surface area contributed by atoms with Crippen LogP contribution in [0, 0.1) is 0 Å². The van der Waals surface area contributed by atoms with Crippen LogP contribution in [0.15, 0.2) is 18.2 Å². The van der Waals surface area contributed by atoms with Gasteiger partial charge in [-0.2, -0.15) is 0 Å². The first kappa shape index (κ1) is 16.0. The molecule has 0 spiro atoms. The highest BCUT2D eigenvalue weighted by Crippen LogP contribution is 2.33. The van der Waals surface area contributed by atoms with Gasteiger partial charge in [-0.1, -0.05) is 26.8 Å². The fraction of sp³-hybridized carbons (Fsp3) is 0.600. The maximum atomic E-state index is 10.1. The quantitative estimate of drug-likeness (QED) is 0.655. The molecule has 0 aliphatic carbocycles. The lowest BCUT2D eigenvalue weighted by molar-refractivity contribution is 0.0139. The summed E-state index contributed by atoms with van der Waals surface area (Å²) >= 11 is 0. The van der Waals surface area contributed by atoms with E-state index in [-0.39, 0.29) is 11.2 Å². The summed E-state index contributed by atoms with van der Waals surface area (Å²) < 4.78 is 0. The van der Waals surface area contributed by atoms with Gasteiger partial charge in [0, 0.05) is 0 Å². The number of benzene rings is 1. The number of aliphatic hydroxyl groups excluding tert-OH is 2. The van der Waals surface area contributed by atoms with Crippen LogP contribution in [-0.2, 0) is 5.41 Å². The van der Waals surface area contributed by atoms with Crippen LogP contribution in [0.4, 0.5) is 0 Å². The van der Waals surface area contributed by atoms with Gasteiger partial charge in [0.25, 0.3) is 0 Å². The van der Waals surface area contributed by atoms with Crippen molar-refractivity contribution in [3.05, 3.63) is 29.3 Å². The van der Waals surface area contributed by atoms with Gasteiger partial charge in [-0.15, -0.1) is 0 Å². The number of aliphatic hydroxyl groups is 2. The van der Waals surface area contributed by atoms with Crippen LogP contribution in [0.1, 0.15) is 44.4 Å². The third-order valence-electron chi connectivity index (χ3n) is 3.22. The topological polar surface area (TPSA) is 72.7 Å². The van der Waals surface area contributed by atoms with E-state index in [1.807, 2.05) is 20.8 Å². The molecule has 2 unspecified atom stereocenters. The molecule has 1 aromatic rings. The lowest BCUT2D eigenvalue weighted by Crippen LogP contribution is -2.23. The summed E-state index contributed by atoms with van der Waals surface area (Å²) in [5, 5.41) is 32.9. The van der Waals surface area contributed by atoms with Gasteiger partial charge in [-0.05, 0) is 48.7 Å². The van der Waals surface area contributed by atoms with Gasteiger partial charge in [-0.25, -0.2) is 0 Å². The third-order valence-corrected chi connectivity index (χ3v) is 3.22. The molecule has 0 bridgehead atoms. The molecule has 0 radical (unpaired) electrons. The average molecular weight is 267 g/mol. The largest absolute Gasteiger partial charge is 0.508 e. The fourth-order valence-electron chi connectivity index (χ4n) is 2.01. The summed E-state index contributed by atoms with van der Waals surface area (Å²) in [4.78, 5) is 0. The molecule has 2 atom stereocenters. The van der Waals surface area contributed by atoms with Crippen molar-refractivity contribution in [1.29, 1.82) is 0 Å². The summed E-state index contributed by atoms with van der Waals surface area (Å²) in [5.41, 5.74) is 1.19. The Balaban J connectivity index is 2.95. The Morgan fingerprint density at radius 3 is 2.37 bits per heavy atom. The number of hydrogen-bond donors (Lipinski definition) is 4. The SMILES string of the molecule is CNCCC(O)C(O)c1ccc(O)c(C(C)(C)C)c1. The lowest BCUT2D eigenvalue weighted by Gasteiger charge is -2.24. The number of hydrogen-bond acceptors (Lipinski definition) is 4. The molecule has 4 nitrogen and oxygen atoms in total. The minimum Gasteiger partial charge on any atom is -0.508 e. The van der Waals surface area contributed by atoms with E-state index >= 15 is 0 Å². The molecule has 4 N–H and O–H groups in total. The Bertz CT molecular complexity index is 412. The van der Waals surface area contributed by atoms with E-state index in [1.54, 1.807) is 25.2 Å². The van der Waals surface area contributed by atoms with E-state index in [2.05, 4.69) is 5.32 Å². The van der Waals surface area contributed by atoms with Gasteiger partial charge in [-0.3, -0.25) is 0 Å². The van der Waals surface area contributed by atoms with Gasteiger partial charge < -0.3 is 20.6 Å². The first-order valence-electron chi connectivity index (χ1n) is 6.61. The monoisotopic (exact) mass is 267 g/mol. The Labute approximate surface area is 115 Å². The minimum atomic E-state index is -0.935. The zero-order valence-electron chi connectivity index (χ0n) is 12.1. The standard InChI is InChI=1S/C15H25NO3/c1-15(2,3)11-9-10(5-6-12(11)17)14(19)13(18)7-8-16-4/h5-6,9,13-14,16-19H,7-8H2,1-4H3. The summed E-state index contributed by atoms with van der Waals surface area (Å²) in [6.45, 7) is 6.63. The Morgan fingerprint density at radius 2 is 1.84 bits per heavy atom. The van der Waals surface area contributed by atoms with Gasteiger partial charge in [0.05, 0.1) is 6.10 Å². The maximum absolute atomic E-state index is 10.1. The van der Waals surface area contributed by atoms with Crippen molar-refractivity contribution in [1.82, 2.24) is 5.32 Å². The van der Waals surface area contributed by atoms with Crippen molar-refractivity contribution in [3.8, 4) is 5.75 Å². The van der Waals surface area contributed by atoms with Crippen LogP contribution < -0.4 is 5.32 Å². The molecule has 0 amide bonds. The van der Waals surface area contributed by atoms with E-state index in [4.69, 9.17) is 0 Å². The summed E-state index contributed by atoms with van der Waals surface area (Å²) in [7, 11) is 1.80. The first-order valence-corrected chi connectivity index (χ1v) is 6.61. The smallest absolute Gasteiger partial charge is 0.119 e. The number of phenolic OH excluding ortho intramolecular Hbond substituents is 1. The average Bonchev–Trinajstić information content (AvgIpc) is 2.34. The number of phenols is 1. The molecule has 0 heterocycles. The third kappa shape index (κ3) is 4.20. The van der Waals surface area contributed by atoms with E-state index < -0.39 is 12.2 Å². The van der Waals surface area contributed by atoms with Crippen molar-refractivity contribution < 1.29 is 15.3 Å². The molecule has 19 heavy (non-hydrogen) atoms. The van der Waals surface area contributed by atoms with E-state index in [0.29, 0.717) is 18.5 Å². The highest BCUT2D eigenvalue weighted by Gasteiger charge is 2.23. The van der Waals surface area contributed by atoms with Gasteiger partial charge in [0.2, 0.25) is 0 Å².